The van der Waals surface area contributed by atoms with Gasteiger partial charge in [0.15, 0.2) is 11.5 Å². The fourth-order valence-electron chi connectivity index (χ4n) is 2.58. The molecule has 0 aliphatic heterocycles. The minimum Gasteiger partial charge on any atom is -0.504 e. The molecule has 0 unspecified atom stereocenters. The molecule has 4 N–H and O–H groups in total. The van der Waals surface area contributed by atoms with Crippen molar-refractivity contribution in [3.05, 3.63) is 29.5 Å². The molecule has 0 aromatic heterocycles. The van der Waals surface area contributed by atoms with Crippen molar-refractivity contribution in [2.24, 2.45) is 0 Å². The summed E-state index contributed by atoms with van der Waals surface area (Å²) in [5, 5.41) is 27.9. The van der Waals surface area contributed by atoms with E-state index in [1.807, 2.05) is 0 Å². The van der Waals surface area contributed by atoms with Gasteiger partial charge in [-0.15, -0.1) is 0 Å². The van der Waals surface area contributed by atoms with Crippen LogP contribution in [-0.2, 0) is 10.1 Å². The highest BCUT2D eigenvalue weighted by Gasteiger charge is 2.85. The highest BCUT2D eigenvalue weighted by atomic mass is 32.2. The van der Waals surface area contributed by atoms with Gasteiger partial charge in [0.25, 0.3) is 21.3 Å². The van der Waals surface area contributed by atoms with Gasteiger partial charge in [-0.05, 0) is 12.1 Å². The maximum absolute atomic E-state index is 13.6. The Kier molecular flexibility index (Phi) is 8.10. The first-order valence-corrected chi connectivity index (χ1v) is 9.81. The number of ether oxygens (including phenoxy) is 1. The Hall–Kier alpha value is -2.66. The molecule has 0 saturated carbocycles. The van der Waals surface area contributed by atoms with Crippen molar-refractivity contribution >= 4 is 10.1 Å². The van der Waals surface area contributed by atoms with Crippen molar-refractivity contribution < 1.29 is 98.9 Å². The second-order valence-electron chi connectivity index (χ2n) is 6.82. The van der Waals surface area contributed by atoms with Gasteiger partial charge in [-0.1, -0.05) is 0 Å². The van der Waals surface area contributed by atoms with Crippen molar-refractivity contribution in [3.63, 3.8) is 0 Å². The van der Waals surface area contributed by atoms with Crippen molar-refractivity contribution in [2.45, 2.75) is 47.0 Å². The Morgan fingerprint density at radius 1 is 0.684 bits per heavy atom. The quantitative estimate of drug-likeness (QED) is 0.218. The third-order valence-electron chi connectivity index (χ3n) is 4.29. The Bertz CT molecular complexity index is 1120. The van der Waals surface area contributed by atoms with Crippen LogP contribution < -0.4 is 4.74 Å². The highest BCUT2D eigenvalue weighted by molar-refractivity contribution is 7.85. The van der Waals surface area contributed by atoms with Crippen LogP contribution in [0.1, 0.15) is 0 Å². The fourth-order valence-corrected chi connectivity index (χ4v) is 3.08. The second-order valence-corrected chi connectivity index (χ2v) is 8.24. The number of alkyl halides is 15. The van der Waals surface area contributed by atoms with Crippen LogP contribution in [0, 0.1) is 0 Å². The monoisotopic (exact) mass is 616 g/mol. The highest BCUT2D eigenvalue weighted by Crippen LogP contribution is 2.60. The molecule has 0 aliphatic carbocycles. The van der Waals surface area contributed by atoms with Crippen LogP contribution in [-0.4, -0.2) is 70.4 Å². The Labute approximate surface area is 198 Å². The van der Waals surface area contributed by atoms with Crippen molar-refractivity contribution in [2.75, 3.05) is 0 Å². The molecule has 0 spiro atoms. The zero-order chi connectivity index (χ0) is 30.7. The summed E-state index contributed by atoms with van der Waals surface area (Å²) in [4.78, 5) is -1.48. The lowest BCUT2D eigenvalue weighted by Crippen LogP contribution is -2.70. The first-order chi connectivity index (χ1) is 16.3. The van der Waals surface area contributed by atoms with E-state index in [1.54, 1.807) is 0 Å². The van der Waals surface area contributed by atoms with Crippen LogP contribution in [0.15, 0.2) is 34.4 Å². The lowest BCUT2D eigenvalue weighted by molar-refractivity contribution is -0.394. The largest absolute Gasteiger partial charge is 0.504 e. The van der Waals surface area contributed by atoms with Gasteiger partial charge in [0, 0.05) is 6.07 Å². The predicted molar refractivity (Wildman–Crippen MR) is 85.7 cm³/mol. The number of hydrogen-bond donors (Lipinski definition) is 4. The molecule has 0 heterocycles. The molecule has 1 aromatic rings. The van der Waals surface area contributed by atoms with Gasteiger partial charge in [-0.3, -0.25) is 4.55 Å². The third-order valence-corrected chi connectivity index (χ3v) is 5.14. The Balaban J connectivity index is 4.54. The van der Waals surface area contributed by atoms with Gasteiger partial charge < -0.3 is 20.1 Å². The van der Waals surface area contributed by atoms with Gasteiger partial charge in [-0.25, -0.2) is 0 Å². The predicted octanol–water partition coefficient (Wildman–Crippen LogP) is 4.55. The zero-order valence-corrected chi connectivity index (χ0v) is 17.6. The zero-order valence-electron chi connectivity index (χ0n) is 16.8. The van der Waals surface area contributed by atoms with Gasteiger partial charge in [0.05, 0.1) is 10.5 Å². The minimum absolute atomic E-state index is 0.127. The number of benzene rings is 1. The molecule has 23 heteroatoms. The molecule has 7 nitrogen and oxygen atoms in total. The maximum atomic E-state index is 13.6. The third kappa shape index (κ3) is 5.68. The Morgan fingerprint density at radius 2 is 1.03 bits per heavy atom. The molecule has 1 aromatic carbocycles. The summed E-state index contributed by atoms with van der Waals surface area (Å²) < 4.78 is 234. The standard InChI is InChI=1S/C15H7F15O7S/c16-11(17,18)8(37-6-2-1-4(3-5(6)31)38(34,35)36)7(9(32,12(19,20)21)13(22,23)24)10(33,14(25,26)27)15(28,29)30/h1-3,31-33H,(H,34,35,36). The average Bonchev–Trinajstić information content (AvgIpc) is 2.62. The van der Waals surface area contributed by atoms with E-state index in [9.17, 15) is 89.6 Å². The van der Waals surface area contributed by atoms with Crippen LogP contribution in [0.25, 0.3) is 0 Å². The summed E-state index contributed by atoms with van der Waals surface area (Å²) in [5.74, 6) is -9.02. The number of phenols is 1. The van der Waals surface area contributed by atoms with Crippen molar-refractivity contribution in [1.82, 2.24) is 0 Å². The van der Waals surface area contributed by atoms with Crippen LogP contribution in [0.3, 0.4) is 0 Å². The van der Waals surface area contributed by atoms with E-state index in [0.29, 0.717) is 0 Å². The lowest BCUT2D eigenvalue weighted by Gasteiger charge is -2.43. The summed E-state index contributed by atoms with van der Waals surface area (Å²) in [6.45, 7) is 0. The average molecular weight is 616 g/mol. The van der Waals surface area contributed by atoms with E-state index < -0.39 is 79.9 Å². The van der Waals surface area contributed by atoms with Crippen LogP contribution in [0.5, 0.6) is 11.5 Å². The number of allylic oxidation sites excluding steroid dienone is 1. The molecule has 1 rings (SSSR count). The van der Waals surface area contributed by atoms with E-state index in [0.717, 1.165) is 0 Å². The number of aliphatic hydroxyl groups is 2. The Morgan fingerprint density at radius 3 is 1.26 bits per heavy atom. The van der Waals surface area contributed by atoms with E-state index in [2.05, 4.69) is 4.74 Å². The molecule has 0 radical (unpaired) electrons. The topological polar surface area (TPSA) is 124 Å². The SMILES string of the molecule is O=S(=O)(O)c1ccc(OC(=C(C(O)(C(F)(F)F)C(F)(F)F)C(O)(C(F)(F)F)C(F)(F)F)C(F)(F)F)c(O)c1. The van der Waals surface area contributed by atoms with E-state index in [4.69, 9.17) is 4.55 Å². The van der Waals surface area contributed by atoms with Crippen LogP contribution in [0.4, 0.5) is 65.9 Å². The lowest BCUT2D eigenvalue weighted by atomic mass is 9.77. The van der Waals surface area contributed by atoms with E-state index in [-0.39, 0.29) is 18.2 Å². The smallest absolute Gasteiger partial charge is 0.449 e. The number of aromatic hydroxyl groups is 1. The molecule has 38 heavy (non-hydrogen) atoms. The summed E-state index contributed by atoms with van der Waals surface area (Å²) in [6.07, 6.45) is -39.0. The van der Waals surface area contributed by atoms with Gasteiger partial charge >= 0.3 is 30.9 Å². The number of hydrogen-bond acceptors (Lipinski definition) is 6. The van der Waals surface area contributed by atoms with E-state index in [1.165, 1.54) is 0 Å². The van der Waals surface area contributed by atoms with Gasteiger partial charge in [0.2, 0.25) is 5.76 Å². The normalized spacial score (nSPS) is 14.9. The molecule has 0 bridgehead atoms. The minimum atomic E-state index is -7.91. The summed E-state index contributed by atoms with van der Waals surface area (Å²) in [6, 6.07) is -0.850. The summed E-state index contributed by atoms with van der Waals surface area (Å²) in [7, 11) is -5.36. The molecule has 0 aliphatic rings. The molecule has 220 valence electrons. The fraction of sp³-hybridized carbons (Fsp3) is 0.467. The molecule has 0 atom stereocenters. The van der Waals surface area contributed by atoms with Crippen molar-refractivity contribution in [1.29, 1.82) is 0 Å². The molecule has 0 fully saturated rings. The van der Waals surface area contributed by atoms with Gasteiger partial charge in [-0.2, -0.15) is 74.3 Å². The summed E-state index contributed by atoms with van der Waals surface area (Å²) in [5.41, 5.74) is -20.9. The maximum Gasteiger partial charge on any atom is 0.449 e. The second kappa shape index (κ2) is 9.22. The molecular formula is C15H7F15O7S. The number of phenolic OH excluding ortho intramolecular Hbond substituents is 1. The number of halogens is 15. The first-order valence-electron chi connectivity index (χ1n) is 8.37. The summed E-state index contributed by atoms with van der Waals surface area (Å²) >= 11 is 0. The first kappa shape index (κ1) is 33.4. The molecular weight excluding hydrogens is 609 g/mol. The molecule has 0 amide bonds. The molecule has 0 saturated heterocycles. The number of rotatable bonds is 5. The van der Waals surface area contributed by atoms with Crippen LogP contribution >= 0.6 is 0 Å². The van der Waals surface area contributed by atoms with Gasteiger partial charge in [0.1, 0.15) is 0 Å². The van der Waals surface area contributed by atoms with Crippen molar-refractivity contribution in [3.8, 4) is 11.5 Å². The van der Waals surface area contributed by atoms with Crippen LogP contribution in [0.2, 0.25) is 0 Å². The van der Waals surface area contributed by atoms with E-state index >= 15 is 0 Å².